The first-order valence-electron chi connectivity index (χ1n) is 9.63. The zero-order chi connectivity index (χ0) is 17.4. The van der Waals surface area contributed by atoms with Crippen molar-refractivity contribution in [3.8, 4) is 0 Å². The van der Waals surface area contributed by atoms with Gasteiger partial charge in [-0.2, -0.15) is 0 Å². The standard InChI is InChI=1S/C19H29N5O/c1-14(2)3-8-23-12-15-16(13-23)19(22-18(15)25)4-9-24(10-5-19)17-11-20-6-7-21-17/h6-7,11,14-16H,3-5,8-10,12-13H2,1-2H3,(H,22,25). The van der Waals surface area contributed by atoms with E-state index in [1.54, 1.807) is 12.4 Å². The minimum Gasteiger partial charge on any atom is -0.355 e. The van der Waals surface area contributed by atoms with Crippen LogP contribution in [-0.4, -0.2) is 59.0 Å². The van der Waals surface area contributed by atoms with Gasteiger partial charge in [0.15, 0.2) is 0 Å². The number of piperidine rings is 1. The van der Waals surface area contributed by atoms with E-state index in [0.29, 0.717) is 5.92 Å². The number of likely N-dealkylation sites (tertiary alicyclic amines) is 1. The lowest BCUT2D eigenvalue weighted by Crippen LogP contribution is -2.55. The van der Waals surface area contributed by atoms with E-state index < -0.39 is 0 Å². The number of anilines is 1. The molecular weight excluding hydrogens is 314 g/mol. The molecule has 6 nitrogen and oxygen atoms in total. The number of aromatic nitrogens is 2. The summed E-state index contributed by atoms with van der Waals surface area (Å²) in [5.74, 6) is 2.61. The van der Waals surface area contributed by atoms with Crippen LogP contribution in [0.1, 0.15) is 33.1 Å². The van der Waals surface area contributed by atoms with Gasteiger partial charge < -0.3 is 15.1 Å². The van der Waals surface area contributed by atoms with E-state index in [1.165, 1.54) is 6.42 Å². The summed E-state index contributed by atoms with van der Waals surface area (Å²) in [5.41, 5.74) is -0.00691. The summed E-state index contributed by atoms with van der Waals surface area (Å²) in [5, 5.41) is 3.40. The molecular formula is C19H29N5O. The molecule has 3 saturated heterocycles. The van der Waals surface area contributed by atoms with Crippen LogP contribution in [0.15, 0.2) is 18.6 Å². The van der Waals surface area contributed by atoms with E-state index >= 15 is 0 Å². The monoisotopic (exact) mass is 343 g/mol. The highest BCUT2D eigenvalue weighted by molar-refractivity contribution is 5.83. The van der Waals surface area contributed by atoms with E-state index in [0.717, 1.165) is 57.3 Å². The summed E-state index contributed by atoms with van der Waals surface area (Å²) < 4.78 is 0. The van der Waals surface area contributed by atoms with Crippen molar-refractivity contribution in [3.05, 3.63) is 18.6 Å². The molecule has 0 radical (unpaired) electrons. The van der Waals surface area contributed by atoms with Gasteiger partial charge in [-0.05, 0) is 31.7 Å². The minimum absolute atomic E-state index is 0.00691. The van der Waals surface area contributed by atoms with Crippen LogP contribution in [-0.2, 0) is 4.79 Å². The summed E-state index contributed by atoms with van der Waals surface area (Å²) in [4.78, 5) is 26.0. The van der Waals surface area contributed by atoms with Crippen LogP contribution >= 0.6 is 0 Å². The van der Waals surface area contributed by atoms with Gasteiger partial charge in [-0.15, -0.1) is 0 Å². The molecule has 0 saturated carbocycles. The maximum atomic E-state index is 12.6. The Morgan fingerprint density at radius 3 is 2.76 bits per heavy atom. The predicted molar refractivity (Wildman–Crippen MR) is 97.2 cm³/mol. The van der Waals surface area contributed by atoms with Crippen LogP contribution in [0.4, 0.5) is 5.82 Å². The van der Waals surface area contributed by atoms with Gasteiger partial charge in [0, 0.05) is 50.0 Å². The first-order chi connectivity index (χ1) is 12.1. The van der Waals surface area contributed by atoms with Gasteiger partial charge in [0.05, 0.1) is 12.1 Å². The third-order valence-electron chi connectivity index (χ3n) is 6.37. The molecule has 1 amide bonds. The molecule has 0 aliphatic carbocycles. The number of fused-ring (bicyclic) bond motifs is 2. The summed E-state index contributed by atoms with van der Waals surface area (Å²) in [6.07, 6.45) is 8.52. The zero-order valence-corrected chi connectivity index (χ0v) is 15.3. The Hall–Kier alpha value is -1.69. The van der Waals surface area contributed by atoms with Crippen molar-refractivity contribution in [2.45, 2.75) is 38.6 Å². The molecule has 3 aliphatic rings. The molecule has 25 heavy (non-hydrogen) atoms. The molecule has 3 aliphatic heterocycles. The maximum absolute atomic E-state index is 12.6. The lowest BCUT2D eigenvalue weighted by atomic mass is 9.75. The Morgan fingerprint density at radius 2 is 2.08 bits per heavy atom. The van der Waals surface area contributed by atoms with Crippen molar-refractivity contribution >= 4 is 11.7 Å². The Balaban J connectivity index is 1.42. The number of carbonyl (C=O) groups is 1. The molecule has 1 aromatic heterocycles. The second-order valence-corrected chi connectivity index (χ2v) is 8.35. The summed E-state index contributed by atoms with van der Waals surface area (Å²) >= 11 is 0. The zero-order valence-electron chi connectivity index (χ0n) is 15.3. The molecule has 0 aromatic carbocycles. The highest BCUT2D eigenvalue weighted by Gasteiger charge is 2.57. The van der Waals surface area contributed by atoms with Crippen molar-refractivity contribution in [2.24, 2.45) is 17.8 Å². The first kappa shape index (κ1) is 16.8. The predicted octanol–water partition coefficient (Wildman–Crippen LogP) is 1.54. The average Bonchev–Trinajstić information content (AvgIpc) is 3.15. The molecule has 1 aromatic rings. The summed E-state index contributed by atoms with van der Waals surface area (Å²) in [6.45, 7) is 9.56. The lowest BCUT2D eigenvalue weighted by Gasteiger charge is -2.43. The van der Waals surface area contributed by atoms with E-state index in [1.807, 2.05) is 6.20 Å². The van der Waals surface area contributed by atoms with Gasteiger partial charge in [0.2, 0.25) is 5.91 Å². The van der Waals surface area contributed by atoms with Crippen LogP contribution in [0.2, 0.25) is 0 Å². The SMILES string of the molecule is CC(C)CCN1CC2C(=O)NC3(CCN(c4cnccn4)CC3)C2C1. The second kappa shape index (κ2) is 6.56. The Morgan fingerprint density at radius 1 is 1.28 bits per heavy atom. The number of nitrogens with one attached hydrogen (secondary N) is 1. The number of hydrogen-bond acceptors (Lipinski definition) is 5. The van der Waals surface area contributed by atoms with Crippen molar-refractivity contribution in [1.82, 2.24) is 20.2 Å². The van der Waals surface area contributed by atoms with E-state index in [2.05, 4.69) is 38.9 Å². The third kappa shape index (κ3) is 3.12. The molecule has 6 heteroatoms. The van der Waals surface area contributed by atoms with Gasteiger partial charge in [-0.1, -0.05) is 13.8 Å². The number of rotatable bonds is 4. The fourth-order valence-corrected chi connectivity index (χ4v) is 4.85. The minimum atomic E-state index is -0.00691. The molecule has 2 atom stereocenters. The second-order valence-electron chi connectivity index (χ2n) is 8.35. The van der Waals surface area contributed by atoms with Crippen LogP contribution in [0, 0.1) is 17.8 Å². The molecule has 4 rings (SSSR count). The quantitative estimate of drug-likeness (QED) is 0.899. The van der Waals surface area contributed by atoms with Gasteiger partial charge in [-0.3, -0.25) is 9.78 Å². The fourth-order valence-electron chi connectivity index (χ4n) is 4.85. The number of hydrogen-bond donors (Lipinski definition) is 1. The van der Waals surface area contributed by atoms with Crippen molar-refractivity contribution in [1.29, 1.82) is 0 Å². The Kier molecular flexibility index (Phi) is 4.40. The van der Waals surface area contributed by atoms with E-state index in [4.69, 9.17) is 0 Å². The molecule has 4 heterocycles. The van der Waals surface area contributed by atoms with Crippen LogP contribution in [0.5, 0.6) is 0 Å². The van der Waals surface area contributed by atoms with Crippen molar-refractivity contribution in [2.75, 3.05) is 37.6 Å². The highest BCUT2D eigenvalue weighted by atomic mass is 16.2. The third-order valence-corrected chi connectivity index (χ3v) is 6.37. The topological polar surface area (TPSA) is 61.4 Å². The fraction of sp³-hybridized carbons (Fsp3) is 0.737. The van der Waals surface area contributed by atoms with Gasteiger partial charge >= 0.3 is 0 Å². The summed E-state index contributed by atoms with van der Waals surface area (Å²) in [7, 11) is 0. The smallest absolute Gasteiger partial charge is 0.225 e. The van der Waals surface area contributed by atoms with Crippen LogP contribution in [0.3, 0.4) is 0 Å². The molecule has 1 N–H and O–H groups in total. The molecule has 136 valence electrons. The number of carbonyl (C=O) groups excluding carboxylic acids is 1. The summed E-state index contributed by atoms with van der Waals surface area (Å²) in [6, 6.07) is 0. The van der Waals surface area contributed by atoms with Crippen molar-refractivity contribution < 1.29 is 4.79 Å². The number of nitrogens with zero attached hydrogens (tertiary/aromatic N) is 4. The van der Waals surface area contributed by atoms with E-state index in [9.17, 15) is 4.79 Å². The van der Waals surface area contributed by atoms with E-state index in [-0.39, 0.29) is 17.4 Å². The molecule has 3 fully saturated rings. The van der Waals surface area contributed by atoms with Gasteiger partial charge in [-0.25, -0.2) is 4.98 Å². The Labute approximate surface area is 150 Å². The molecule has 0 bridgehead atoms. The van der Waals surface area contributed by atoms with Gasteiger partial charge in [0.25, 0.3) is 0 Å². The van der Waals surface area contributed by atoms with Crippen molar-refractivity contribution in [3.63, 3.8) is 0 Å². The highest BCUT2D eigenvalue weighted by Crippen LogP contribution is 2.44. The lowest BCUT2D eigenvalue weighted by molar-refractivity contribution is -0.123. The maximum Gasteiger partial charge on any atom is 0.225 e. The number of amides is 1. The molecule has 2 unspecified atom stereocenters. The first-order valence-corrected chi connectivity index (χ1v) is 9.63. The Bertz CT molecular complexity index is 612. The van der Waals surface area contributed by atoms with Crippen LogP contribution < -0.4 is 10.2 Å². The van der Waals surface area contributed by atoms with Crippen LogP contribution in [0.25, 0.3) is 0 Å². The van der Waals surface area contributed by atoms with Gasteiger partial charge in [0.1, 0.15) is 5.82 Å². The normalized spacial score (nSPS) is 28.6. The largest absolute Gasteiger partial charge is 0.355 e. The average molecular weight is 343 g/mol. The molecule has 1 spiro atoms.